The van der Waals surface area contributed by atoms with Gasteiger partial charge in [0.1, 0.15) is 0 Å². The minimum Gasteiger partial charge on any atom is -0.398 e. The highest BCUT2D eigenvalue weighted by Crippen LogP contribution is 2.20. The molecule has 0 spiro atoms. The number of nitrogens with one attached hydrogen (secondary N) is 1. The van der Waals surface area contributed by atoms with Crippen LogP contribution in [0.5, 0.6) is 0 Å². The summed E-state index contributed by atoms with van der Waals surface area (Å²) in [7, 11) is 3.16. The Morgan fingerprint density at radius 2 is 2.14 bits per heavy atom. The van der Waals surface area contributed by atoms with Crippen LogP contribution >= 0.6 is 11.6 Å². The Bertz CT molecular complexity index is 508. The molecule has 0 aromatic heterocycles. The van der Waals surface area contributed by atoms with Crippen LogP contribution in [0.2, 0.25) is 5.02 Å². The number of nitrogens with two attached hydrogens (primary N) is 1. The topological polar surface area (TPSA) is 84.7 Å². The Balaban J connectivity index is 2.50. The number of nitrogens with zero attached hydrogens (tertiary/aromatic N) is 1. The highest BCUT2D eigenvalue weighted by Gasteiger charge is 2.15. The Hall–Kier alpha value is -1.79. The molecule has 0 heterocycles. The van der Waals surface area contributed by atoms with Gasteiger partial charge >= 0.3 is 0 Å². The van der Waals surface area contributed by atoms with Crippen molar-refractivity contribution in [2.24, 2.45) is 0 Å². The molecule has 0 unspecified atom stereocenters. The number of nitrogen functional groups attached to an aromatic ring is 1. The lowest BCUT2D eigenvalue weighted by Crippen LogP contribution is -2.38. The summed E-state index contributed by atoms with van der Waals surface area (Å²) in [4.78, 5) is 25.2. The first kappa shape index (κ1) is 17.3. The van der Waals surface area contributed by atoms with Crippen LogP contribution in [0, 0.1) is 0 Å². The summed E-state index contributed by atoms with van der Waals surface area (Å²) < 4.78 is 4.88. The van der Waals surface area contributed by atoms with Crippen LogP contribution in [0.3, 0.4) is 0 Å². The van der Waals surface area contributed by atoms with Crippen LogP contribution < -0.4 is 11.1 Å². The first-order valence-electron chi connectivity index (χ1n) is 6.52. The Kier molecular flexibility index (Phi) is 6.98. The summed E-state index contributed by atoms with van der Waals surface area (Å²) in [6.07, 6.45) is 0.730. The van der Waals surface area contributed by atoms with Crippen molar-refractivity contribution in [3.05, 3.63) is 28.8 Å². The van der Waals surface area contributed by atoms with Crippen LogP contribution in [0.25, 0.3) is 0 Å². The summed E-state index contributed by atoms with van der Waals surface area (Å²) in [5.74, 6) is -0.505. The lowest BCUT2D eigenvalue weighted by atomic mass is 10.2. The molecule has 0 radical (unpaired) electrons. The maximum absolute atomic E-state index is 12.1. The zero-order valence-corrected chi connectivity index (χ0v) is 12.9. The summed E-state index contributed by atoms with van der Waals surface area (Å²) in [6, 6.07) is 4.63. The number of anilines is 1. The smallest absolute Gasteiger partial charge is 0.254 e. The second kappa shape index (κ2) is 8.49. The van der Waals surface area contributed by atoms with E-state index in [1.807, 2.05) is 0 Å². The summed E-state index contributed by atoms with van der Waals surface area (Å²) >= 11 is 5.81. The third-order valence-electron chi connectivity index (χ3n) is 2.82. The minimum absolute atomic E-state index is 0.0195. The fraction of sp³-hybridized carbons (Fsp3) is 0.429. The normalized spacial score (nSPS) is 10.2. The maximum Gasteiger partial charge on any atom is 0.254 e. The molecule has 1 aromatic rings. The van der Waals surface area contributed by atoms with E-state index >= 15 is 0 Å². The molecule has 0 aliphatic carbocycles. The van der Waals surface area contributed by atoms with Gasteiger partial charge in [0.25, 0.3) is 5.91 Å². The molecule has 3 N–H and O–H groups in total. The number of methoxy groups -OCH3 is 1. The van der Waals surface area contributed by atoms with Gasteiger partial charge in [-0.25, -0.2) is 0 Å². The number of carbonyl (C=O) groups is 2. The molecular formula is C14H20ClN3O3. The molecule has 0 fully saturated rings. The minimum atomic E-state index is -0.287. The van der Waals surface area contributed by atoms with Crippen molar-refractivity contribution >= 4 is 29.1 Å². The quantitative estimate of drug-likeness (QED) is 0.584. The number of benzene rings is 1. The van der Waals surface area contributed by atoms with E-state index in [1.165, 1.54) is 11.0 Å². The van der Waals surface area contributed by atoms with E-state index in [2.05, 4.69) is 5.32 Å². The zero-order valence-electron chi connectivity index (χ0n) is 12.2. The molecule has 116 valence electrons. The number of carbonyl (C=O) groups excluding carboxylic acids is 2. The fourth-order valence-electron chi connectivity index (χ4n) is 1.68. The van der Waals surface area contributed by atoms with Gasteiger partial charge in [0, 0.05) is 32.9 Å². The third-order valence-corrected chi connectivity index (χ3v) is 3.16. The number of likely N-dealkylation sites (N-methyl/N-ethyl adjacent to an activating group) is 1. The van der Waals surface area contributed by atoms with Gasteiger partial charge in [-0.05, 0) is 24.6 Å². The predicted molar refractivity (Wildman–Crippen MR) is 82.3 cm³/mol. The molecule has 1 aromatic carbocycles. The van der Waals surface area contributed by atoms with Crippen LogP contribution in [0.15, 0.2) is 18.2 Å². The molecular weight excluding hydrogens is 294 g/mol. The summed E-state index contributed by atoms with van der Waals surface area (Å²) in [5, 5.41) is 3.11. The number of hydrogen-bond donors (Lipinski definition) is 2. The highest BCUT2D eigenvalue weighted by molar-refractivity contribution is 6.33. The van der Waals surface area contributed by atoms with Crippen LogP contribution in [0.1, 0.15) is 16.8 Å². The summed E-state index contributed by atoms with van der Waals surface area (Å²) in [5.41, 5.74) is 6.39. The van der Waals surface area contributed by atoms with Crippen molar-refractivity contribution in [1.82, 2.24) is 10.2 Å². The second-order valence-corrected chi connectivity index (χ2v) is 5.00. The van der Waals surface area contributed by atoms with E-state index in [0.29, 0.717) is 29.4 Å². The highest BCUT2D eigenvalue weighted by atomic mass is 35.5. The van der Waals surface area contributed by atoms with Gasteiger partial charge in [-0.1, -0.05) is 11.6 Å². The van der Waals surface area contributed by atoms with Crippen molar-refractivity contribution in [3.8, 4) is 0 Å². The molecule has 1 rings (SSSR count). The van der Waals surface area contributed by atoms with Crippen LogP contribution in [-0.2, 0) is 9.53 Å². The van der Waals surface area contributed by atoms with E-state index in [-0.39, 0.29) is 18.4 Å². The molecule has 0 aliphatic rings. The molecule has 0 saturated heterocycles. The number of rotatable bonds is 7. The summed E-state index contributed by atoms with van der Waals surface area (Å²) in [6.45, 7) is 1.08. The monoisotopic (exact) mass is 313 g/mol. The van der Waals surface area contributed by atoms with Crippen molar-refractivity contribution in [1.29, 1.82) is 0 Å². The lowest BCUT2D eigenvalue weighted by molar-refractivity contribution is -0.121. The van der Waals surface area contributed by atoms with Gasteiger partial charge in [-0.15, -0.1) is 0 Å². The number of halogens is 1. The molecule has 0 aliphatic heterocycles. The molecule has 21 heavy (non-hydrogen) atoms. The van der Waals surface area contributed by atoms with E-state index in [1.54, 1.807) is 26.3 Å². The van der Waals surface area contributed by atoms with Crippen LogP contribution in [-0.4, -0.2) is 50.6 Å². The van der Waals surface area contributed by atoms with Gasteiger partial charge in [0.15, 0.2) is 0 Å². The predicted octanol–water partition coefficient (Wildman–Crippen LogP) is 1.15. The molecule has 0 bridgehead atoms. The number of ether oxygens (including phenoxy) is 1. The zero-order chi connectivity index (χ0) is 15.8. The van der Waals surface area contributed by atoms with Crippen molar-refractivity contribution < 1.29 is 14.3 Å². The number of hydrogen-bond acceptors (Lipinski definition) is 4. The standard InChI is InChI=1S/C14H20ClN3O3/c1-18(9-13(19)17-6-3-7-21-2)14(20)10-4-5-11(15)12(16)8-10/h4-5,8H,3,6-7,9,16H2,1-2H3,(H,17,19). The molecule has 0 atom stereocenters. The molecule has 0 saturated carbocycles. The molecule has 7 heteroatoms. The number of amides is 2. The van der Waals surface area contributed by atoms with Gasteiger partial charge < -0.3 is 20.7 Å². The lowest BCUT2D eigenvalue weighted by Gasteiger charge is -2.17. The Labute approximate surface area is 129 Å². The largest absolute Gasteiger partial charge is 0.398 e. The average Bonchev–Trinajstić information content (AvgIpc) is 2.45. The van der Waals surface area contributed by atoms with Crippen LogP contribution in [0.4, 0.5) is 5.69 Å². The van der Waals surface area contributed by atoms with Gasteiger partial charge in [0.05, 0.1) is 17.3 Å². The Morgan fingerprint density at radius 3 is 2.76 bits per heavy atom. The van der Waals surface area contributed by atoms with Gasteiger partial charge in [-0.2, -0.15) is 0 Å². The van der Waals surface area contributed by atoms with E-state index in [4.69, 9.17) is 22.1 Å². The SMILES string of the molecule is COCCCNC(=O)CN(C)C(=O)c1ccc(Cl)c(N)c1. The first-order valence-corrected chi connectivity index (χ1v) is 6.89. The van der Waals surface area contributed by atoms with E-state index in [0.717, 1.165) is 6.42 Å². The Morgan fingerprint density at radius 1 is 1.43 bits per heavy atom. The third kappa shape index (κ3) is 5.61. The van der Waals surface area contributed by atoms with Crippen molar-refractivity contribution in [2.45, 2.75) is 6.42 Å². The van der Waals surface area contributed by atoms with Crippen molar-refractivity contribution in [2.75, 3.05) is 39.6 Å². The van der Waals surface area contributed by atoms with Gasteiger partial charge in [-0.3, -0.25) is 9.59 Å². The first-order chi connectivity index (χ1) is 9.95. The van der Waals surface area contributed by atoms with Gasteiger partial charge in [0.2, 0.25) is 5.91 Å². The average molecular weight is 314 g/mol. The van der Waals surface area contributed by atoms with E-state index in [9.17, 15) is 9.59 Å². The van der Waals surface area contributed by atoms with Crippen molar-refractivity contribution in [3.63, 3.8) is 0 Å². The fourth-order valence-corrected chi connectivity index (χ4v) is 1.80. The second-order valence-electron chi connectivity index (χ2n) is 4.59. The molecule has 6 nitrogen and oxygen atoms in total. The van der Waals surface area contributed by atoms with E-state index < -0.39 is 0 Å². The maximum atomic E-state index is 12.1. The molecule has 2 amide bonds.